The summed E-state index contributed by atoms with van der Waals surface area (Å²) in [7, 11) is -2.50. The molecule has 0 aliphatic carbocycles. The van der Waals surface area contributed by atoms with E-state index < -0.39 is 8.80 Å². The molecule has 16 heavy (non-hydrogen) atoms. The Morgan fingerprint density at radius 3 is 1.88 bits per heavy atom. The highest BCUT2D eigenvalue weighted by atomic mass is 28.4. The van der Waals surface area contributed by atoms with Gasteiger partial charge in [0.05, 0.1) is 12.7 Å². The van der Waals surface area contributed by atoms with Crippen molar-refractivity contribution in [1.82, 2.24) is 0 Å². The number of hydrogen-bond donors (Lipinski definition) is 0. The lowest BCUT2D eigenvalue weighted by Crippen LogP contribution is -2.50. The van der Waals surface area contributed by atoms with Crippen molar-refractivity contribution in [3.05, 3.63) is 0 Å². The van der Waals surface area contributed by atoms with Gasteiger partial charge in [-0.15, -0.1) is 0 Å². The maximum absolute atomic E-state index is 5.84. The fourth-order valence-electron chi connectivity index (χ4n) is 1.90. The van der Waals surface area contributed by atoms with Gasteiger partial charge >= 0.3 is 8.80 Å². The zero-order chi connectivity index (χ0) is 12.0. The van der Waals surface area contributed by atoms with Crippen LogP contribution >= 0.6 is 0 Å². The molecule has 0 spiro atoms. The van der Waals surface area contributed by atoms with Crippen LogP contribution in [0, 0.1) is 0 Å². The molecule has 0 aromatic carbocycles. The van der Waals surface area contributed by atoms with Crippen molar-refractivity contribution in [3.63, 3.8) is 0 Å². The highest BCUT2D eigenvalue weighted by Gasteiger charge is 2.48. The van der Waals surface area contributed by atoms with Crippen LogP contribution in [0.15, 0.2) is 0 Å². The summed E-state index contributed by atoms with van der Waals surface area (Å²) in [4.78, 5) is 0. The van der Waals surface area contributed by atoms with Crippen LogP contribution in [0.4, 0.5) is 0 Å². The third-order valence-electron chi connectivity index (χ3n) is 2.66. The van der Waals surface area contributed by atoms with Crippen LogP contribution < -0.4 is 0 Å². The molecule has 1 fully saturated rings. The smallest absolute Gasteiger partial charge is 0.374 e. The van der Waals surface area contributed by atoms with Crippen LogP contribution in [0.1, 0.15) is 34.1 Å². The maximum atomic E-state index is 5.84. The van der Waals surface area contributed by atoms with Crippen molar-refractivity contribution in [3.8, 4) is 0 Å². The van der Waals surface area contributed by atoms with Crippen LogP contribution in [0.25, 0.3) is 0 Å². The van der Waals surface area contributed by atoms with Gasteiger partial charge in [0.2, 0.25) is 0 Å². The third kappa shape index (κ3) is 3.82. The first-order chi connectivity index (χ1) is 7.68. The molecule has 2 atom stereocenters. The fraction of sp³-hybridized carbons (Fsp3) is 1.00. The summed E-state index contributed by atoms with van der Waals surface area (Å²) in [6, 6.07) is 0. The van der Waals surface area contributed by atoms with Crippen LogP contribution in [-0.2, 0) is 18.0 Å². The van der Waals surface area contributed by atoms with Crippen molar-refractivity contribution < 1.29 is 18.0 Å². The zero-order valence-electron chi connectivity index (χ0n) is 10.8. The SMILES string of the molecule is CCO[Si](OCC)(OCC)C(C)CC1CO1. The minimum atomic E-state index is -2.50. The molecule has 4 nitrogen and oxygen atoms in total. The Morgan fingerprint density at radius 1 is 1.12 bits per heavy atom. The monoisotopic (exact) mass is 248 g/mol. The molecule has 1 heterocycles. The average molecular weight is 248 g/mol. The van der Waals surface area contributed by atoms with Crippen LogP contribution in [0.2, 0.25) is 5.54 Å². The lowest BCUT2D eigenvalue weighted by atomic mass is 10.3. The second-order valence-corrected chi connectivity index (χ2v) is 7.05. The van der Waals surface area contributed by atoms with Crippen molar-refractivity contribution in [2.75, 3.05) is 26.4 Å². The molecule has 1 aliphatic rings. The van der Waals surface area contributed by atoms with Gasteiger partial charge in [-0.2, -0.15) is 0 Å². The highest BCUT2D eigenvalue weighted by Crippen LogP contribution is 2.33. The largest absolute Gasteiger partial charge is 0.504 e. The van der Waals surface area contributed by atoms with Crippen molar-refractivity contribution in [2.24, 2.45) is 0 Å². The summed E-state index contributed by atoms with van der Waals surface area (Å²) >= 11 is 0. The molecule has 0 N–H and O–H groups in total. The lowest BCUT2D eigenvalue weighted by molar-refractivity contribution is 0.0606. The van der Waals surface area contributed by atoms with Gasteiger partial charge in [0, 0.05) is 25.4 Å². The normalized spacial score (nSPS) is 22.1. The fourth-order valence-corrected chi connectivity index (χ4v) is 4.76. The van der Waals surface area contributed by atoms with E-state index in [2.05, 4.69) is 6.92 Å². The first-order valence-electron chi connectivity index (χ1n) is 6.21. The Kier molecular flexibility index (Phi) is 5.92. The molecule has 0 radical (unpaired) electrons. The summed E-state index contributed by atoms with van der Waals surface area (Å²) in [6.45, 7) is 10.9. The predicted molar refractivity (Wildman–Crippen MR) is 64.4 cm³/mol. The zero-order valence-corrected chi connectivity index (χ0v) is 11.8. The van der Waals surface area contributed by atoms with Gasteiger partial charge in [0.15, 0.2) is 0 Å². The van der Waals surface area contributed by atoms with Gasteiger partial charge in [-0.3, -0.25) is 0 Å². The van der Waals surface area contributed by atoms with E-state index in [9.17, 15) is 0 Å². The van der Waals surface area contributed by atoms with Gasteiger partial charge in [0.25, 0.3) is 0 Å². The van der Waals surface area contributed by atoms with Crippen LogP contribution in [0.5, 0.6) is 0 Å². The minimum absolute atomic E-state index is 0.305. The van der Waals surface area contributed by atoms with E-state index in [4.69, 9.17) is 18.0 Å². The Balaban J connectivity index is 2.61. The summed E-state index contributed by atoms with van der Waals surface area (Å²) in [6.07, 6.45) is 1.37. The van der Waals surface area contributed by atoms with Gasteiger partial charge < -0.3 is 18.0 Å². The summed E-state index contributed by atoms with van der Waals surface area (Å²) in [5, 5.41) is 0. The Morgan fingerprint density at radius 2 is 1.56 bits per heavy atom. The molecule has 0 saturated carbocycles. The Labute approximate surface area is 99.6 Å². The number of epoxide rings is 1. The Hall–Kier alpha value is 0.0569. The van der Waals surface area contributed by atoms with E-state index in [1.807, 2.05) is 20.8 Å². The summed E-state index contributed by atoms with van der Waals surface area (Å²) < 4.78 is 22.8. The van der Waals surface area contributed by atoms with Gasteiger partial charge in [-0.1, -0.05) is 6.92 Å². The molecule has 0 bridgehead atoms. The molecule has 0 amide bonds. The van der Waals surface area contributed by atoms with E-state index in [0.717, 1.165) is 13.0 Å². The van der Waals surface area contributed by atoms with Gasteiger partial charge in [0.1, 0.15) is 0 Å². The number of ether oxygens (including phenoxy) is 1. The van der Waals surface area contributed by atoms with Crippen LogP contribution in [0.3, 0.4) is 0 Å². The molecule has 1 aliphatic heterocycles. The second-order valence-electron chi connectivity index (χ2n) is 3.99. The first kappa shape index (κ1) is 14.1. The van der Waals surface area contributed by atoms with Crippen molar-refractivity contribution in [2.45, 2.75) is 45.8 Å². The van der Waals surface area contributed by atoms with Crippen molar-refractivity contribution in [1.29, 1.82) is 0 Å². The van der Waals surface area contributed by atoms with E-state index in [-0.39, 0.29) is 0 Å². The molecule has 2 unspecified atom stereocenters. The average Bonchev–Trinajstić information content (AvgIpc) is 3.02. The minimum Gasteiger partial charge on any atom is -0.374 e. The quantitative estimate of drug-likeness (QED) is 0.463. The third-order valence-corrected chi connectivity index (χ3v) is 6.17. The van der Waals surface area contributed by atoms with E-state index in [0.29, 0.717) is 31.5 Å². The molecule has 96 valence electrons. The number of hydrogen-bond acceptors (Lipinski definition) is 4. The molecule has 5 heteroatoms. The topological polar surface area (TPSA) is 40.2 Å². The van der Waals surface area contributed by atoms with Crippen LogP contribution in [-0.4, -0.2) is 41.3 Å². The highest BCUT2D eigenvalue weighted by molar-refractivity contribution is 6.62. The molecule has 1 rings (SSSR count). The van der Waals surface area contributed by atoms with E-state index in [1.165, 1.54) is 0 Å². The number of rotatable bonds is 9. The molecule has 0 aromatic heterocycles. The maximum Gasteiger partial charge on any atom is 0.504 e. The molecule has 1 saturated heterocycles. The van der Waals surface area contributed by atoms with E-state index >= 15 is 0 Å². The molecule has 0 aromatic rings. The van der Waals surface area contributed by atoms with E-state index in [1.54, 1.807) is 0 Å². The first-order valence-corrected chi connectivity index (χ1v) is 8.02. The van der Waals surface area contributed by atoms with Gasteiger partial charge in [-0.05, 0) is 27.2 Å². The summed E-state index contributed by atoms with van der Waals surface area (Å²) in [5.41, 5.74) is 0.305. The lowest BCUT2D eigenvalue weighted by Gasteiger charge is -2.33. The predicted octanol–water partition coefficient (Wildman–Crippen LogP) is 2.21. The van der Waals surface area contributed by atoms with Gasteiger partial charge in [-0.25, -0.2) is 0 Å². The van der Waals surface area contributed by atoms with Crippen molar-refractivity contribution >= 4 is 8.80 Å². The molecular formula is C11H24O4Si. The second kappa shape index (κ2) is 6.71. The Bertz CT molecular complexity index is 179. The summed E-state index contributed by atoms with van der Waals surface area (Å²) in [5.74, 6) is 0. The standard InChI is InChI=1S/C11H24O4Si/c1-5-13-16(14-6-2,15-7-3)10(4)8-11-9-12-11/h10-11H,5-9H2,1-4H3. The molecular weight excluding hydrogens is 224 g/mol.